The lowest BCUT2D eigenvalue weighted by atomic mass is 10.1. The van der Waals surface area contributed by atoms with Crippen LogP contribution in [0.5, 0.6) is 0 Å². The second kappa shape index (κ2) is 10.7. The van der Waals surface area contributed by atoms with E-state index < -0.39 is 0 Å². The van der Waals surface area contributed by atoms with Crippen LogP contribution in [0.3, 0.4) is 0 Å². The van der Waals surface area contributed by atoms with Crippen molar-refractivity contribution in [1.29, 1.82) is 0 Å². The molecule has 156 valence electrons. The van der Waals surface area contributed by atoms with Gasteiger partial charge in [0.05, 0.1) is 0 Å². The molecule has 2 N–H and O–H groups in total. The van der Waals surface area contributed by atoms with Crippen molar-refractivity contribution in [1.82, 2.24) is 10.2 Å². The number of aliphatic imine (C=N–C) groups is 1. The number of guanidine groups is 1. The molecule has 0 aromatic heterocycles. The molecular formula is C20H31IN4O2S. The van der Waals surface area contributed by atoms with E-state index in [0.717, 1.165) is 48.9 Å². The Morgan fingerprint density at radius 3 is 2.93 bits per heavy atom. The van der Waals surface area contributed by atoms with E-state index in [1.807, 2.05) is 37.0 Å². The fraction of sp³-hybridized carbons (Fsp3) is 0.600. The van der Waals surface area contributed by atoms with Crippen LogP contribution in [0.25, 0.3) is 0 Å². The summed E-state index contributed by atoms with van der Waals surface area (Å²) < 4.78 is 5.69. The van der Waals surface area contributed by atoms with Crippen molar-refractivity contribution in [2.45, 2.75) is 44.1 Å². The lowest BCUT2D eigenvalue weighted by molar-refractivity contribution is -0.124. The standard InChI is InChI=1S/C20H30N4O2S.HI/c1-20(2)14-24(9-11-27-20)19(21-3)22-13-15-6-4-7-16(12-15)23-18(25)17-8-5-10-26-17;/h4,6-7,12,17H,5,8-11,13-14H2,1-3H3,(H,21,22)(H,23,25);1H. The van der Waals surface area contributed by atoms with Crippen LogP contribution in [0.1, 0.15) is 32.3 Å². The number of nitrogens with zero attached hydrogens (tertiary/aromatic N) is 2. The molecule has 1 atom stereocenters. The highest BCUT2D eigenvalue weighted by Gasteiger charge is 2.28. The highest BCUT2D eigenvalue weighted by atomic mass is 127. The molecule has 3 rings (SSSR count). The lowest BCUT2D eigenvalue weighted by Gasteiger charge is -2.39. The number of carbonyl (C=O) groups is 1. The Morgan fingerprint density at radius 2 is 2.25 bits per heavy atom. The van der Waals surface area contributed by atoms with Gasteiger partial charge in [-0.15, -0.1) is 24.0 Å². The van der Waals surface area contributed by atoms with E-state index in [-0.39, 0.29) is 40.7 Å². The fourth-order valence-corrected chi connectivity index (χ4v) is 4.59. The van der Waals surface area contributed by atoms with Crippen LogP contribution in [0.4, 0.5) is 5.69 Å². The normalized spacial score (nSPS) is 21.8. The number of amides is 1. The van der Waals surface area contributed by atoms with Crippen molar-refractivity contribution in [3.63, 3.8) is 0 Å². The van der Waals surface area contributed by atoms with Gasteiger partial charge in [0.2, 0.25) is 0 Å². The van der Waals surface area contributed by atoms with Gasteiger partial charge in [-0.25, -0.2) is 0 Å². The first-order chi connectivity index (χ1) is 13.0. The van der Waals surface area contributed by atoms with Gasteiger partial charge in [-0.1, -0.05) is 12.1 Å². The summed E-state index contributed by atoms with van der Waals surface area (Å²) in [6.07, 6.45) is 1.44. The maximum atomic E-state index is 12.2. The molecule has 0 saturated carbocycles. The third-order valence-corrected chi connectivity index (χ3v) is 6.10. The van der Waals surface area contributed by atoms with E-state index in [1.165, 1.54) is 0 Å². The zero-order valence-corrected chi connectivity index (χ0v) is 20.0. The molecule has 8 heteroatoms. The Balaban J connectivity index is 0.00000280. The molecule has 0 bridgehead atoms. The van der Waals surface area contributed by atoms with Crippen molar-refractivity contribution >= 4 is 53.3 Å². The number of anilines is 1. The summed E-state index contributed by atoms with van der Waals surface area (Å²) in [5.74, 6) is 1.98. The lowest BCUT2D eigenvalue weighted by Crippen LogP contribution is -2.50. The summed E-state index contributed by atoms with van der Waals surface area (Å²) in [6.45, 7) is 7.88. The number of hydrogen-bond donors (Lipinski definition) is 2. The van der Waals surface area contributed by atoms with Gasteiger partial charge < -0.3 is 20.3 Å². The van der Waals surface area contributed by atoms with Crippen LogP contribution in [0, 0.1) is 0 Å². The average Bonchev–Trinajstić information content (AvgIpc) is 3.17. The molecule has 2 saturated heterocycles. The smallest absolute Gasteiger partial charge is 0.253 e. The summed E-state index contributed by atoms with van der Waals surface area (Å²) in [6, 6.07) is 7.93. The van der Waals surface area contributed by atoms with Crippen molar-refractivity contribution in [3.8, 4) is 0 Å². The third-order valence-electron chi connectivity index (χ3n) is 4.80. The van der Waals surface area contributed by atoms with Crippen LogP contribution in [0.15, 0.2) is 29.3 Å². The highest BCUT2D eigenvalue weighted by Crippen LogP contribution is 2.29. The Kier molecular flexibility index (Phi) is 8.88. The second-order valence-electron chi connectivity index (χ2n) is 7.62. The van der Waals surface area contributed by atoms with Gasteiger partial charge >= 0.3 is 0 Å². The molecule has 2 aliphatic heterocycles. The minimum absolute atomic E-state index is 0. The topological polar surface area (TPSA) is 66.0 Å². The maximum Gasteiger partial charge on any atom is 0.253 e. The van der Waals surface area contributed by atoms with Gasteiger partial charge in [0.25, 0.3) is 5.91 Å². The third kappa shape index (κ3) is 6.52. The first kappa shape index (κ1) is 23.3. The first-order valence-corrected chi connectivity index (χ1v) is 10.6. The molecular weight excluding hydrogens is 487 g/mol. The van der Waals surface area contributed by atoms with E-state index in [2.05, 4.69) is 40.4 Å². The summed E-state index contributed by atoms with van der Waals surface area (Å²) in [4.78, 5) is 19.0. The van der Waals surface area contributed by atoms with Crippen molar-refractivity contribution in [2.75, 3.05) is 37.8 Å². The van der Waals surface area contributed by atoms with E-state index >= 15 is 0 Å². The Bertz CT molecular complexity index is 693. The molecule has 0 aliphatic carbocycles. The Morgan fingerprint density at radius 1 is 1.43 bits per heavy atom. The van der Waals surface area contributed by atoms with Crippen molar-refractivity contribution in [2.24, 2.45) is 4.99 Å². The maximum absolute atomic E-state index is 12.2. The number of rotatable bonds is 4. The summed E-state index contributed by atoms with van der Waals surface area (Å²) >= 11 is 2.01. The number of halogens is 1. The average molecular weight is 518 g/mol. The van der Waals surface area contributed by atoms with Gasteiger partial charge in [0, 0.05) is 49.5 Å². The molecule has 1 aromatic rings. The van der Waals surface area contributed by atoms with E-state index in [9.17, 15) is 4.79 Å². The van der Waals surface area contributed by atoms with Crippen molar-refractivity contribution < 1.29 is 9.53 Å². The number of nitrogens with one attached hydrogen (secondary N) is 2. The van der Waals surface area contributed by atoms with Crippen LogP contribution in [-0.2, 0) is 16.1 Å². The minimum atomic E-state index is -0.314. The molecule has 1 amide bonds. The van der Waals surface area contributed by atoms with Crippen LogP contribution < -0.4 is 10.6 Å². The van der Waals surface area contributed by atoms with Gasteiger partial charge in [0.15, 0.2) is 5.96 Å². The minimum Gasteiger partial charge on any atom is -0.368 e. The first-order valence-electron chi connectivity index (χ1n) is 9.58. The van der Waals surface area contributed by atoms with Crippen molar-refractivity contribution in [3.05, 3.63) is 29.8 Å². The molecule has 2 aliphatic rings. The molecule has 2 heterocycles. The Labute approximate surface area is 189 Å². The summed E-state index contributed by atoms with van der Waals surface area (Å²) in [5, 5.41) is 6.42. The summed E-state index contributed by atoms with van der Waals surface area (Å²) in [7, 11) is 1.83. The fourth-order valence-electron chi connectivity index (χ4n) is 3.48. The molecule has 28 heavy (non-hydrogen) atoms. The SMILES string of the molecule is CN=C(NCc1cccc(NC(=O)C2CCCO2)c1)N1CCSC(C)(C)C1.I. The largest absolute Gasteiger partial charge is 0.368 e. The Hall–Kier alpha value is -1.00. The number of hydrogen-bond acceptors (Lipinski definition) is 4. The number of benzene rings is 1. The molecule has 1 unspecified atom stereocenters. The molecule has 2 fully saturated rings. The van der Waals surface area contributed by atoms with Gasteiger partial charge in [-0.3, -0.25) is 9.79 Å². The predicted molar refractivity (Wildman–Crippen MR) is 128 cm³/mol. The molecule has 0 spiro atoms. The molecule has 6 nitrogen and oxygen atoms in total. The number of carbonyl (C=O) groups excluding carboxylic acids is 1. The van der Waals surface area contributed by atoms with Crippen LogP contribution >= 0.6 is 35.7 Å². The van der Waals surface area contributed by atoms with Gasteiger partial charge in [0.1, 0.15) is 6.10 Å². The number of thioether (sulfide) groups is 1. The second-order valence-corrected chi connectivity index (χ2v) is 9.42. The highest BCUT2D eigenvalue weighted by molar-refractivity contribution is 14.0. The summed E-state index contributed by atoms with van der Waals surface area (Å²) in [5.41, 5.74) is 1.91. The van der Waals surface area contributed by atoms with E-state index in [1.54, 1.807) is 0 Å². The number of ether oxygens (including phenoxy) is 1. The van der Waals surface area contributed by atoms with Gasteiger partial charge in [-0.05, 0) is 44.4 Å². The monoisotopic (exact) mass is 518 g/mol. The molecule has 0 radical (unpaired) electrons. The van der Waals surface area contributed by atoms with Gasteiger partial charge in [-0.2, -0.15) is 11.8 Å². The van der Waals surface area contributed by atoms with Crippen LogP contribution in [0.2, 0.25) is 0 Å². The van der Waals surface area contributed by atoms with Crippen LogP contribution in [-0.4, -0.2) is 60.1 Å². The molecule has 1 aromatic carbocycles. The zero-order chi connectivity index (χ0) is 19.3. The van der Waals surface area contributed by atoms with E-state index in [0.29, 0.717) is 13.2 Å². The quantitative estimate of drug-likeness (QED) is 0.364. The van der Waals surface area contributed by atoms with E-state index in [4.69, 9.17) is 4.74 Å². The predicted octanol–water partition coefficient (Wildman–Crippen LogP) is 3.32. The zero-order valence-electron chi connectivity index (χ0n) is 16.9.